The van der Waals surface area contributed by atoms with Gasteiger partial charge in [0.25, 0.3) is 0 Å². The molecule has 0 saturated carbocycles. The lowest BCUT2D eigenvalue weighted by Gasteiger charge is -2.35. The van der Waals surface area contributed by atoms with E-state index < -0.39 is 44.4 Å². The van der Waals surface area contributed by atoms with E-state index >= 15 is 0 Å². The number of carbonyl (C=O) groups excluding carboxylic acids is 6. The van der Waals surface area contributed by atoms with Gasteiger partial charge in [0.1, 0.15) is 24.2 Å². The zero-order chi connectivity index (χ0) is 47.2. The lowest BCUT2D eigenvalue weighted by atomic mass is 10.0. The van der Waals surface area contributed by atoms with Crippen LogP contribution in [0.5, 0.6) is 0 Å². The number of nitrogens with one attached hydrogen (secondary N) is 4. The number of nitrogens with zero attached hydrogens (tertiary/aromatic N) is 3. The normalized spacial score (nSPS) is 20.6. The molecule has 0 aliphatic carbocycles. The number of methoxy groups -OCH3 is 2. The molecule has 3 saturated heterocycles. The predicted octanol–water partition coefficient (Wildman–Crippen LogP) is 6.93. The number of amides is 6. The van der Waals surface area contributed by atoms with Crippen molar-refractivity contribution in [2.24, 2.45) is 11.8 Å². The number of carbonyl (C=O) groups is 6. The summed E-state index contributed by atoms with van der Waals surface area (Å²) in [5, 5.41) is 12.7. The van der Waals surface area contributed by atoms with Gasteiger partial charge in [0, 0.05) is 30.2 Å². The molecule has 3 fully saturated rings. The van der Waals surface area contributed by atoms with Crippen molar-refractivity contribution in [3.8, 4) is 0 Å². The SMILES string of the molecule is COC(=O)N[C@H](C(=O)N1CCC[C@H]1C(=O)Nc1ccc([C@@H]2CC[C@@H](c3ccc(NC(=O)[C@@H]4CCCN4C(=O)[C@@H](NC(=O)OC)C(C)C)cc3)N2c2ccc([Si-](C)(C)C)cc2)cc1)C(C)C. The van der Waals surface area contributed by atoms with E-state index in [2.05, 4.69) is 94.3 Å². The largest absolute Gasteiger partial charge is 0.453 e. The molecule has 3 aliphatic rings. The summed E-state index contributed by atoms with van der Waals surface area (Å²) < 4.78 is 9.49. The number of rotatable bonds is 14. The molecular weight excluding hydrogens is 843 g/mol. The zero-order valence-electron chi connectivity index (χ0n) is 39.3. The molecule has 15 nitrogen and oxygen atoms in total. The molecule has 3 aromatic rings. The van der Waals surface area contributed by atoms with E-state index in [0.29, 0.717) is 50.1 Å². The molecular formula is C49H67N7O8Si-. The van der Waals surface area contributed by atoms with Gasteiger partial charge in [-0.25, -0.2) is 9.59 Å². The quantitative estimate of drug-likeness (QED) is 0.125. The van der Waals surface area contributed by atoms with Crippen LogP contribution >= 0.6 is 0 Å². The van der Waals surface area contributed by atoms with Crippen molar-refractivity contribution >= 4 is 66.1 Å². The summed E-state index contributed by atoms with van der Waals surface area (Å²) in [6, 6.07) is 22.0. The van der Waals surface area contributed by atoms with Crippen molar-refractivity contribution in [2.45, 2.75) is 122 Å². The molecule has 16 heteroatoms. The Balaban J connectivity index is 1.17. The molecule has 3 heterocycles. The highest BCUT2D eigenvalue weighted by molar-refractivity contribution is 6.88. The molecule has 3 aliphatic heterocycles. The van der Waals surface area contributed by atoms with E-state index in [-0.39, 0.29) is 47.5 Å². The molecule has 6 rings (SSSR count). The smallest absolute Gasteiger partial charge is 0.407 e. The van der Waals surface area contributed by atoms with E-state index in [1.165, 1.54) is 19.4 Å². The Morgan fingerprint density at radius 2 is 0.954 bits per heavy atom. The minimum absolute atomic E-state index is 0.0364. The fourth-order valence-electron chi connectivity index (χ4n) is 9.35. The summed E-state index contributed by atoms with van der Waals surface area (Å²) in [6.07, 6.45) is 2.80. The summed E-state index contributed by atoms with van der Waals surface area (Å²) in [7, 11) is 0.954. The topological polar surface area (TPSA) is 179 Å². The third kappa shape index (κ3) is 11.3. The fraction of sp³-hybridized carbons (Fsp3) is 0.510. The van der Waals surface area contributed by atoms with Crippen molar-refractivity contribution < 1.29 is 38.2 Å². The first-order chi connectivity index (χ1) is 30.9. The Kier molecular flexibility index (Phi) is 15.6. The summed E-state index contributed by atoms with van der Waals surface area (Å²) in [5.74, 6) is -1.54. The molecule has 0 radical (unpaired) electrons. The average molecular weight is 910 g/mol. The van der Waals surface area contributed by atoms with Crippen LogP contribution in [0.15, 0.2) is 72.8 Å². The monoisotopic (exact) mass is 909 g/mol. The minimum Gasteiger partial charge on any atom is -0.453 e. The molecule has 65 heavy (non-hydrogen) atoms. The maximum Gasteiger partial charge on any atom is 0.407 e. The summed E-state index contributed by atoms with van der Waals surface area (Å²) in [4.78, 5) is 84.1. The molecule has 0 spiro atoms. The highest BCUT2D eigenvalue weighted by atomic mass is 28.3. The molecule has 0 unspecified atom stereocenters. The molecule has 0 bridgehead atoms. The van der Waals surface area contributed by atoms with Gasteiger partial charge in [-0.05, 0) is 97.9 Å². The fourth-order valence-corrected chi connectivity index (χ4v) is 10.5. The van der Waals surface area contributed by atoms with Crippen molar-refractivity contribution in [2.75, 3.05) is 42.8 Å². The minimum atomic E-state index is -1.55. The van der Waals surface area contributed by atoms with Gasteiger partial charge < -0.3 is 45.4 Å². The van der Waals surface area contributed by atoms with E-state index in [1.807, 2.05) is 52.0 Å². The number of alkyl carbamates (subject to hydrolysis) is 2. The Bertz CT molecular complexity index is 2050. The summed E-state index contributed by atoms with van der Waals surface area (Å²) in [5.41, 5.74) is 4.58. The van der Waals surface area contributed by atoms with Gasteiger partial charge in [0.15, 0.2) is 0 Å². The second-order valence-electron chi connectivity index (χ2n) is 19.1. The van der Waals surface area contributed by atoms with Crippen LogP contribution in [0.25, 0.3) is 0 Å². The Morgan fingerprint density at radius 3 is 1.29 bits per heavy atom. The van der Waals surface area contributed by atoms with Crippen molar-refractivity contribution in [1.82, 2.24) is 20.4 Å². The number of anilines is 3. The van der Waals surface area contributed by atoms with Gasteiger partial charge >= 0.3 is 12.2 Å². The van der Waals surface area contributed by atoms with Crippen LogP contribution in [0, 0.1) is 11.8 Å². The first-order valence-corrected chi connectivity index (χ1v) is 26.4. The predicted molar refractivity (Wildman–Crippen MR) is 255 cm³/mol. The molecule has 0 aromatic heterocycles. The van der Waals surface area contributed by atoms with Gasteiger partial charge in [-0.2, -0.15) is 24.8 Å². The summed E-state index contributed by atoms with van der Waals surface area (Å²) in [6.45, 7) is 15.2. The number of hydrogen-bond donors (Lipinski definition) is 4. The van der Waals surface area contributed by atoms with Crippen LogP contribution in [-0.4, -0.2) is 105 Å². The average Bonchev–Trinajstić information content (AvgIpc) is 4.08. The lowest BCUT2D eigenvalue weighted by molar-refractivity contribution is -0.139. The van der Waals surface area contributed by atoms with Crippen molar-refractivity contribution in [3.05, 3.63) is 83.9 Å². The zero-order valence-corrected chi connectivity index (χ0v) is 40.3. The van der Waals surface area contributed by atoms with E-state index in [9.17, 15) is 28.8 Å². The second kappa shape index (κ2) is 20.9. The molecule has 4 N–H and O–H groups in total. The third-order valence-corrected chi connectivity index (χ3v) is 15.1. The van der Waals surface area contributed by atoms with Gasteiger partial charge in [-0.1, -0.05) is 64.1 Å². The Labute approximate surface area is 384 Å². The maximum atomic E-state index is 13.7. The first kappa shape index (κ1) is 48.6. The molecule has 351 valence electrons. The number of ether oxygens (including phenoxy) is 2. The van der Waals surface area contributed by atoms with Gasteiger partial charge in [-0.3, -0.25) is 19.2 Å². The number of hydrogen-bond acceptors (Lipinski definition) is 9. The van der Waals surface area contributed by atoms with Crippen molar-refractivity contribution in [3.63, 3.8) is 0 Å². The standard InChI is InChI=1S/C49H67N7O8Si/c1-30(2)42(52-48(61)63-5)46(59)54-28-10-12-40(54)44(57)50-34-18-14-32(15-19-34)38-26-27-39(56(38)36-22-24-37(25-23-36)65(7,8)9)33-16-20-35(21-17-33)51-45(58)41-13-11-29-55(41)47(60)43(31(3)4)53-49(62)64-6/h14-25,30-31,38-43H,10-13,26-29H2,1-9H3,(H,50,57)(H,51,58)(H,52,61)(H,53,62)/q-1/t38-,39-,40-,41-,42-,43-/m0/s1. The highest BCUT2D eigenvalue weighted by Crippen LogP contribution is 2.47. The van der Waals surface area contributed by atoms with Gasteiger partial charge in [-0.15, -0.1) is 8.07 Å². The highest BCUT2D eigenvalue weighted by Gasteiger charge is 2.41. The Hall–Kier alpha value is -5.90. The van der Waals surface area contributed by atoms with E-state index in [0.717, 1.165) is 29.7 Å². The second-order valence-corrected chi connectivity index (χ2v) is 24.2. The van der Waals surface area contributed by atoms with E-state index in [4.69, 9.17) is 9.47 Å². The van der Waals surface area contributed by atoms with Crippen LogP contribution < -0.4 is 31.4 Å². The van der Waals surface area contributed by atoms with Gasteiger partial charge in [0.2, 0.25) is 23.6 Å². The molecule has 6 amide bonds. The third-order valence-electron chi connectivity index (χ3n) is 13.0. The number of likely N-dealkylation sites (tertiary alicyclic amines) is 2. The molecule has 6 atom stereocenters. The molecule has 3 aromatic carbocycles. The lowest BCUT2D eigenvalue weighted by Crippen LogP contribution is -2.54. The van der Waals surface area contributed by atoms with E-state index in [1.54, 1.807) is 9.80 Å². The van der Waals surface area contributed by atoms with Crippen LogP contribution in [0.3, 0.4) is 0 Å². The van der Waals surface area contributed by atoms with Crippen LogP contribution in [0.4, 0.5) is 26.7 Å². The van der Waals surface area contributed by atoms with Crippen LogP contribution in [0.1, 0.15) is 89.4 Å². The maximum absolute atomic E-state index is 13.7. The van der Waals surface area contributed by atoms with Crippen LogP contribution in [-0.2, 0) is 28.7 Å². The van der Waals surface area contributed by atoms with Gasteiger partial charge in [0.05, 0.1) is 26.3 Å². The van der Waals surface area contributed by atoms with Crippen LogP contribution in [0.2, 0.25) is 19.6 Å². The van der Waals surface area contributed by atoms with Crippen molar-refractivity contribution in [1.29, 1.82) is 0 Å². The Morgan fingerprint density at radius 1 is 0.569 bits per heavy atom. The first-order valence-electron chi connectivity index (χ1n) is 22.9. The summed E-state index contributed by atoms with van der Waals surface area (Å²) >= 11 is 0. The number of benzene rings is 3.